The van der Waals surface area contributed by atoms with E-state index in [0.717, 1.165) is 0 Å². The molecule has 1 fully saturated rings. The molecule has 1 saturated heterocycles. The topological polar surface area (TPSA) is 23.5 Å². The van der Waals surface area contributed by atoms with E-state index in [9.17, 15) is 0 Å². The lowest BCUT2D eigenvalue weighted by Gasteiger charge is -2.30. The highest BCUT2D eigenvalue weighted by Crippen LogP contribution is 2.22. The van der Waals surface area contributed by atoms with E-state index in [0.29, 0.717) is 18.7 Å². The third-order valence-corrected chi connectivity index (χ3v) is 3.04. The molecule has 0 spiro atoms. The minimum Gasteiger partial charge on any atom is -0.395 e. The maximum atomic E-state index is 9.13. The van der Waals surface area contributed by atoms with Crippen molar-refractivity contribution >= 4 is 0 Å². The summed E-state index contributed by atoms with van der Waals surface area (Å²) in [7, 11) is 0. The molecule has 1 N–H and O–H groups in total. The van der Waals surface area contributed by atoms with Crippen molar-refractivity contribution in [3.63, 3.8) is 0 Å². The Morgan fingerprint density at radius 2 is 2.08 bits per heavy atom. The maximum absolute atomic E-state index is 9.13. The fourth-order valence-corrected chi connectivity index (χ4v) is 2.29. The second-order valence-electron chi connectivity index (χ2n) is 3.69. The summed E-state index contributed by atoms with van der Waals surface area (Å²) >= 11 is 0. The molecule has 72 valence electrons. The number of rotatable bonds is 4. The number of likely N-dealkylation sites (tertiary alicyclic amines) is 1. The predicted octanol–water partition coefficient (Wildman–Crippen LogP) is 1.63. The zero-order valence-corrected chi connectivity index (χ0v) is 8.29. The van der Waals surface area contributed by atoms with Gasteiger partial charge in [-0.25, -0.2) is 0 Å². The molecule has 1 aliphatic rings. The van der Waals surface area contributed by atoms with Crippen LogP contribution in [0, 0.1) is 0 Å². The lowest BCUT2D eigenvalue weighted by atomic mass is 10.1. The summed E-state index contributed by atoms with van der Waals surface area (Å²) in [6.07, 6.45) is 4.88. The average Bonchev–Trinajstić information content (AvgIpc) is 2.55. The molecule has 0 bridgehead atoms. The van der Waals surface area contributed by atoms with Crippen LogP contribution in [0.4, 0.5) is 0 Å². The molecule has 0 radical (unpaired) electrons. The first-order chi connectivity index (χ1) is 5.83. The van der Waals surface area contributed by atoms with Crippen molar-refractivity contribution in [1.29, 1.82) is 0 Å². The SMILES string of the molecule is CCC(CC)N1CCC[C@@H]1CO. The van der Waals surface area contributed by atoms with Crippen LogP contribution < -0.4 is 0 Å². The minimum absolute atomic E-state index is 0.344. The van der Waals surface area contributed by atoms with E-state index in [1.807, 2.05) is 0 Å². The Hall–Kier alpha value is -0.0800. The van der Waals surface area contributed by atoms with Crippen LogP contribution in [0.25, 0.3) is 0 Å². The Balaban J connectivity index is 2.47. The Morgan fingerprint density at radius 3 is 2.58 bits per heavy atom. The molecular formula is C10H21NO. The molecular weight excluding hydrogens is 150 g/mol. The smallest absolute Gasteiger partial charge is 0.0586 e. The van der Waals surface area contributed by atoms with Crippen molar-refractivity contribution in [1.82, 2.24) is 4.90 Å². The summed E-state index contributed by atoms with van der Waals surface area (Å²) in [4.78, 5) is 2.49. The molecule has 2 heteroatoms. The van der Waals surface area contributed by atoms with Crippen molar-refractivity contribution in [2.24, 2.45) is 0 Å². The standard InChI is InChI=1S/C10H21NO/c1-3-9(4-2)11-7-5-6-10(11)8-12/h9-10,12H,3-8H2,1-2H3/t10-/m1/s1. The Bertz CT molecular complexity index is 123. The van der Waals surface area contributed by atoms with Gasteiger partial charge in [-0.3, -0.25) is 4.90 Å². The van der Waals surface area contributed by atoms with Gasteiger partial charge in [-0.05, 0) is 32.2 Å². The highest BCUT2D eigenvalue weighted by molar-refractivity contribution is 4.83. The van der Waals surface area contributed by atoms with E-state index in [1.54, 1.807) is 0 Å². The lowest BCUT2D eigenvalue weighted by molar-refractivity contribution is 0.114. The van der Waals surface area contributed by atoms with Crippen LogP contribution in [0.5, 0.6) is 0 Å². The Morgan fingerprint density at radius 1 is 1.42 bits per heavy atom. The van der Waals surface area contributed by atoms with Crippen molar-refractivity contribution in [3.05, 3.63) is 0 Å². The molecule has 0 aliphatic carbocycles. The van der Waals surface area contributed by atoms with E-state index in [1.165, 1.54) is 32.2 Å². The predicted molar refractivity (Wildman–Crippen MR) is 51.2 cm³/mol. The van der Waals surface area contributed by atoms with E-state index in [2.05, 4.69) is 18.7 Å². The molecule has 1 atom stereocenters. The Labute approximate surface area is 75.6 Å². The molecule has 1 heterocycles. The lowest BCUT2D eigenvalue weighted by Crippen LogP contribution is -2.40. The van der Waals surface area contributed by atoms with Crippen LogP contribution in [0.1, 0.15) is 39.5 Å². The molecule has 1 rings (SSSR count). The molecule has 12 heavy (non-hydrogen) atoms. The molecule has 0 aromatic heterocycles. The van der Waals surface area contributed by atoms with E-state index in [-0.39, 0.29) is 0 Å². The summed E-state index contributed by atoms with van der Waals surface area (Å²) in [5.74, 6) is 0. The highest BCUT2D eigenvalue weighted by atomic mass is 16.3. The van der Waals surface area contributed by atoms with Gasteiger partial charge in [0.05, 0.1) is 6.61 Å². The van der Waals surface area contributed by atoms with Gasteiger partial charge in [0.2, 0.25) is 0 Å². The molecule has 0 aromatic rings. The van der Waals surface area contributed by atoms with Crippen LogP contribution in [-0.2, 0) is 0 Å². The first kappa shape index (κ1) is 10.0. The van der Waals surface area contributed by atoms with Crippen molar-refractivity contribution in [2.45, 2.75) is 51.6 Å². The average molecular weight is 171 g/mol. The quantitative estimate of drug-likeness (QED) is 0.695. The van der Waals surface area contributed by atoms with Crippen LogP contribution in [0.3, 0.4) is 0 Å². The van der Waals surface area contributed by atoms with Gasteiger partial charge in [0, 0.05) is 12.1 Å². The van der Waals surface area contributed by atoms with E-state index < -0.39 is 0 Å². The van der Waals surface area contributed by atoms with Gasteiger partial charge in [0.25, 0.3) is 0 Å². The Kier molecular flexibility index (Phi) is 4.02. The number of aliphatic hydroxyl groups excluding tert-OH is 1. The van der Waals surface area contributed by atoms with Gasteiger partial charge in [-0.2, -0.15) is 0 Å². The van der Waals surface area contributed by atoms with Crippen LogP contribution in [0.2, 0.25) is 0 Å². The van der Waals surface area contributed by atoms with Gasteiger partial charge in [-0.1, -0.05) is 13.8 Å². The zero-order chi connectivity index (χ0) is 8.97. The first-order valence-electron chi connectivity index (χ1n) is 5.20. The minimum atomic E-state index is 0.344. The van der Waals surface area contributed by atoms with Gasteiger partial charge in [-0.15, -0.1) is 0 Å². The van der Waals surface area contributed by atoms with Gasteiger partial charge < -0.3 is 5.11 Å². The van der Waals surface area contributed by atoms with Crippen molar-refractivity contribution in [2.75, 3.05) is 13.2 Å². The molecule has 1 aliphatic heterocycles. The maximum Gasteiger partial charge on any atom is 0.0586 e. The number of aliphatic hydroxyl groups is 1. The molecule has 0 saturated carbocycles. The van der Waals surface area contributed by atoms with Crippen LogP contribution in [-0.4, -0.2) is 35.2 Å². The number of hydrogen-bond donors (Lipinski definition) is 1. The highest BCUT2D eigenvalue weighted by Gasteiger charge is 2.27. The second-order valence-corrected chi connectivity index (χ2v) is 3.69. The summed E-state index contributed by atoms with van der Waals surface area (Å²) < 4.78 is 0. The van der Waals surface area contributed by atoms with Crippen molar-refractivity contribution < 1.29 is 5.11 Å². The van der Waals surface area contributed by atoms with Crippen LogP contribution in [0.15, 0.2) is 0 Å². The van der Waals surface area contributed by atoms with Crippen LogP contribution >= 0.6 is 0 Å². The summed E-state index contributed by atoms with van der Waals surface area (Å²) in [6, 6.07) is 1.15. The van der Waals surface area contributed by atoms with Gasteiger partial charge in [0.1, 0.15) is 0 Å². The molecule has 0 aromatic carbocycles. The zero-order valence-electron chi connectivity index (χ0n) is 8.29. The number of nitrogens with zero attached hydrogens (tertiary/aromatic N) is 1. The molecule has 2 nitrogen and oxygen atoms in total. The van der Waals surface area contributed by atoms with E-state index in [4.69, 9.17) is 5.11 Å². The number of hydrogen-bond acceptors (Lipinski definition) is 2. The largest absolute Gasteiger partial charge is 0.395 e. The summed E-state index contributed by atoms with van der Waals surface area (Å²) in [5, 5.41) is 9.13. The molecule has 0 unspecified atom stereocenters. The molecule has 0 amide bonds. The van der Waals surface area contributed by atoms with Gasteiger partial charge >= 0.3 is 0 Å². The summed E-state index contributed by atoms with van der Waals surface area (Å²) in [6.45, 7) is 6.01. The van der Waals surface area contributed by atoms with Gasteiger partial charge in [0.15, 0.2) is 0 Å². The first-order valence-corrected chi connectivity index (χ1v) is 5.20. The van der Waals surface area contributed by atoms with Crippen molar-refractivity contribution in [3.8, 4) is 0 Å². The third-order valence-electron chi connectivity index (χ3n) is 3.04. The fraction of sp³-hybridized carbons (Fsp3) is 1.00. The fourth-order valence-electron chi connectivity index (χ4n) is 2.29. The summed E-state index contributed by atoms with van der Waals surface area (Å²) in [5.41, 5.74) is 0. The monoisotopic (exact) mass is 171 g/mol. The normalized spacial score (nSPS) is 25.5. The van der Waals surface area contributed by atoms with E-state index >= 15 is 0 Å². The third kappa shape index (κ3) is 1.99. The second kappa shape index (κ2) is 4.83.